The summed E-state index contributed by atoms with van der Waals surface area (Å²) in [6.07, 6.45) is 0.913. The third kappa shape index (κ3) is 2.34. The minimum Gasteiger partial charge on any atom is -0.285 e. The van der Waals surface area contributed by atoms with Gasteiger partial charge in [0.15, 0.2) is 0 Å². The van der Waals surface area contributed by atoms with Crippen LogP contribution >= 0.6 is 11.8 Å². The average Bonchev–Trinajstić information content (AvgIpc) is 3.15. The Bertz CT molecular complexity index is 420. The Morgan fingerprint density at radius 2 is 2.06 bits per heavy atom. The minimum absolute atomic E-state index is 0.198. The summed E-state index contributed by atoms with van der Waals surface area (Å²) in [4.78, 5) is 14.6. The van der Waals surface area contributed by atoms with Gasteiger partial charge in [-0.3, -0.25) is 9.69 Å². The molecule has 1 aliphatic heterocycles. The summed E-state index contributed by atoms with van der Waals surface area (Å²) < 4.78 is 0. The van der Waals surface area contributed by atoms with Gasteiger partial charge in [-0.25, -0.2) is 0 Å². The molecule has 0 amide bonds. The van der Waals surface area contributed by atoms with Gasteiger partial charge in [-0.15, -0.1) is 0 Å². The molecular weight excluding hydrogens is 242 g/mol. The van der Waals surface area contributed by atoms with E-state index in [1.165, 1.54) is 17.3 Å². The Morgan fingerprint density at radius 3 is 2.61 bits per heavy atom. The van der Waals surface area contributed by atoms with E-state index in [4.69, 9.17) is 0 Å². The molecule has 0 spiro atoms. The highest BCUT2D eigenvalue weighted by Gasteiger charge is 2.58. The molecule has 1 fully saturated rings. The molecule has 0 radical (unpaired) electrons. The fourth-order valence-electron chi connectivity index (χ4n) is 2.57. The summed E-state index contributed by atoms with van der Waals surface area (Å²) >= 11 is 1.46. The zero-order chi connectivity index (χ0) is 13.2. The zero-order valence-corrected chi connectivity index (χ0v) is 12.2. The lowest BCUT2D eigenvalue weighted by atomic mass is 10.1. The number of hydrogen-bond donors (Lipinski definition) is 0. The molecule has 2 rings (SSSR count). The van der Waals surface area contributed by atoms with E-state index >= 15 is 0 Å². The number of nitrogens with zero attached hydrogens (tertiary/aromatic N) is 1. The number of rotatable bonds is 5. The molecule has 1 aliphatic rings. The fourth-order valence-corrected chi connectivity index (χ4v) is 3.43. The molecule has 3 heteroatoms. The quantitative estimate of drug-likeness (QED) is 0.758. The van der Waals surface area contributed by atoms with Crippen molar-refractivity contribution in [3.8, 4) is 0 Å². The average molecular weight is 263 g/mol. The van der Waals surface area contributed by atoms with Crippen LogP contribution in [0.3, 0.4) is 0 Å². The summed E-state index contributed by atoms with van der Waals surface area (Å²) in [6.45, 7) is 7.26. The molecule has 1 saturated heterocycles. The second kappa shape index (κ2) is 5.45. The Balaban J connectivity index is 2.11. The van der Waals surface area contributed by atoms with Gasteiger partial charge in [0.1, 0.15) is 5.54 Å². The van der Waals surface area contributed by atoms with E-state index in [1.807, 2.05) is 13.0 Å². The van der Waals surface area contributed by atoms with Crippen LogP contribution in [-0.2, 0) is 4.79 Å². The van der Waals surface area contributed by atoms with Crippen LogP contribution in [0.2, 0.25) is 0 Å². The molecule has 98 valence electrons. The third-order valence-electron chi connectivity index (χ3n) is 3.87. The minimum atomic E-state index is -0.198. The molecule has 1 aromatic carbocycles. The Morgan fingerprint density at radius 1 is 1.39 bits per heavy atom. The van der Waals surface area contributed by atoms with Crippen molar-refractivity contribution in [3.63, 3.8) is 0 Å². The highest BCUT2D eigenvalue weighted by molar-refractivity contribution is 8.13. The smallest absolute Gasteiger partial charge is 0.210 e. The molecule has 0 aromatic heterocycles. The van der Waals surface area contributed by atoms with E-state index in [9.17, 15) is 4.79 Å². The number of thioether (sulfide) groups is 1. The summed E-state index contributed by atoms with van der Waals surface area (Å²) in [5, 5.41) is 0.343. The van der Waals surface area contributed by atoms with E-state index < -0.39 is 0 Å². The van der Waals surface area contributed by atoms with Crippen molar-refractivity contribution in [1.82, 2.24) is 4.90 Å². The molecule has 0 N–H and O–H groups in total. The molecule has 2 nitrogen and oxygen atoms in total. The van der Waals surface area contributed by atoms with E-state index in [1.54, 1.807) is 0 Å². The number of benzene rings is 1. The van der Waals surface area contributed by atoms with Crippen molar-refractivity contribution in [2.45, 2.75) is 38.8 Å². The van der Waals surface area contributed by atoms with Gasteiger partial charge in [0.2, 0.25) is 5.12 Å². The molecule has 0 saturated carbocycles. The van der Waals surface area contributed by atoms with E-state index in [0.29, 0.717) is 11.2 Å². The van der Waals surface area contributed by atoms with E-state index in [2.05, 4.69) is 43.0 Å². The molecular formula is C15H21NOS. The Hall–Kier alpha value is -0.800. The van der Waals surface area contributed by atoms with Gasteiger partial charge in [-0.05, 0) is 24.7 Å². The normalized spacial score (nSPS) is 27.8. The summed E-state index contributed by atoms with van der Waals surface area (Å²) in [5.41, 5.74) is 1.10. The van der Waals surface area contributed by atoms with Gasteiger partial charge in [-0.1, -0.05) is 55.9 Å². The lowest BCUT2D eigenvalue weighted by molar-refractivity contribution is -0.114. The second-order valence-corrected chi connectivity index (χ2v) is 6.06. The van der Waals surface area contributed by atoms with Crippen LogP contribution in [0.1, 0.15) is 38.8 Å². The lowest BCUT2D eigenvalue weighted by Gasteiger charge is -2.20. The van der Waals surface area contributed by atoms with Crippen LogP contribution in [0.15, 0.2) is 30.3 Å². The van der Waals surface area contributed by atoms with Crippen molar-refractivity contribution in [2.24, 2.45) is 0 Å². The molecule has 3 atom stereocenters. The third-order valence-corrected chi connectivity index (χ3v) is 4.80. The molecule has 1 aromatic rings. The zero-order valence-electron chi connectivity index (χ0n) is 11.3. The van der Waals surface area contributed by atoms with E-state index in [-0.39, 0.29) is 5.54 Å². The van der Waals surface area contributed by atoms with Gasteiger partial charge >= 0.3 is 0 Å². The predicted octanol–water partition coefficient (Wildman–Crippen LogP) is 3.49. The topological polar surface area (TPSA) is 20.1 Å². The monoisotopic (exact) mass is 263 g/mol. The SMILES string of the molecule is CCSC(=O)[C@]1(CC)CN1[C@@H](C)c1ccccc1. The highest BCUT2D eigenvalue weighted by Crippen LogP contribution is 2.46. The van der Waals surface area contributed by atoms with Gasteiger partial charge < -0.3 is 0 Å². The fraction of sp³-hybridized carbons (Fsp3) is 0.533. The van der Waals surface area contributed by atoms with Crippen LogP contribution in [0, 0.1) is 0 Å². The maximum absolute atomic E-state index is 12.2. The van der Waals surface area contributed by atoms with Crippen LogP contribution in [-0.4, -0.2) is 27.9 Å². The maximum atomic E-state index is 12.2. The van der Waals surface area contributed by atoms with Gasteiger partial charge in [0.25, 0.3) is 0 Å². The second-order valence-electron chi connectivity index (χ2n) is 4.82. The van der Waals surface area contributed by atoms with Crippen LogP contribution in [0.5, 0.6) is 0 Å². The van der Waals surface area contributed by atoms with Crippen molar-refractivity contribution in [1.29, 1.82) is 0 Å². The van der Waals surface area contributed by atoms with Crippen LogP contribution < -0.4 is 0 Å². The Labute approximate surface area is 114 Å². The first kappa shape index (κ1) is 13.6. The largest absolute Gasteiger partial charge is 0.285 e. The van der Waals surface area contributed by atoms with Crippen molar-refractivity contribution < 1.29 is 4.79 Å². The number of carbonyl (C=O) groups is 1. The maximum Gasteiger partial charge on any atom is 0.210 e. The standard InChI is InChI=1S/C15H21NOS/c1-4-15(14(17)18-5-2)11-16(15)12(3)13-9-7-6-8-10-13/h6-10,12H,4-5,11H2,1-3H3/t12-,15-,16?/m0/s1. The molecule has 18 heavy (non-hydrogen) atoms. The number of carbonyl (C=O) groups excluding carboxylic acids is 1. The summed E-state index contributed by atoms with van der Waals surface area (Å²) in [6, 6.07) is 10.8. The number of hydrogen-bond acceptors (Lipinski definition) is 3. The summed E-state index contributed by atoms with van der Waals surface area (Å²) in [7, 11) is 0. The molecule has 0 bridgehead atoms. The Kier molecular flexibility index (Phi) is 4.13. The highest BCUT2D eigenvalue weighted by atomic mass is 32.2. The first-order valence-corrected chi connectivity index (χ1v) is 7.63. The van der Waals surface area contributed by atoms with Gasteiger partial charge in [0.05, 0.1) is 0 Å². The van der Waals surface area contributed by atoms with Crippen molar-refractivity contribution >= 4 is 16.9 Å². The lowest BCUT2D eigenvalue weighted by Crippen LogP contribution is -2.28. The van der Waals surface area contributed by atoms with E-state index in [0.717, 1.165) is 18.7 Å². The van der Waals surface area contributed by atoms with Crippen molar-refractivity contribution in [3.05, 3.63) is 35.9 Å². The first-order chi connectivity index (χ1) is 8.65. The van der Waals surface area contributed by atoms with Gasteiger partial charge in [0, 0.05) is 12.6 Å². The molecule has 1 heterocycles. The van der Waals surface area contributed by atoms with Crippen molar-refractivity contribution in [2.75, 3.05) is 12.3 Å². The van der Waals surface area contributed by atoms with Gasteiger partial charge in [-0.2, -0.15) is 0 Å². The molecule has 1 unspecified atom stereocenters. The van der Waals surface area contributed by atoms with Crippen LogP contribution in [0.4, 0.5) is 0 Å². The van der Waals surface area contributed by atoms with Crippen LogP contribution in [0.25, 0.3) is 0 Å². The predicted molar refractivity (Wildman–Crippen MR) is 77.7 cm³/mol. The summed E-state index contributed by atoms with van der Waals surface area (Å²) in [5.74, 6) is 0.869. The first-order valence-electron chi connectivity index (χ1n) is 6.64. The molecule has 0 aliphatic carbocycles.